The van der Waals surface area contributed by atoms with Crippen molar-refractivity contribution in [2.24, 2.45) is 0 Å². The highest BCUT2D eigenvalue weighted by molar-refractivity contribution is 9.10. The molecule has 0 aliphatic heterocycles. The van der Waals surface area contributed by atoms with Gasteiger partial charge in [-0.2, -0.15) is 0 Å². The molecule has 0 aliphatic rings. The molecule has 0 saturated heterocycles. The summed E-state index contributed by atoms with van der Waals surface area (Å²) in [6.07, 6.45) is 0. The lowest BCUT2D eigenvalue weighted by Gasteiger charge is -2.10. The monoisotopic (exact) mass is 464 g/mol. The van der Waals surface area contributed by atoms with Crippen molar-refractivity contribution in [3.63, 3.8) is 0 Å². The van der Waals surface area contributed by atoms with E-state index in [0.29, 0.717) is 16.4 Å². The van der Waals surface area contributed by atoms with Crippen molar-refractivity contribution < 1.29 is 13.2 Å². The van der Waals surface area contributed by atoms with Crippen molar-refractivity contribution in [1.29, 1.82) is 0 Å². The summed E-state index contributed by atoms with van der Waals surface area (Å²) < 4.78 is 28.5. The van der Waals surface area contributed by atoms with Crippen molar-refractivity contribution in [2.45, 2.75) is 4.90 Å². The van der Waals surface area contributed by atoms with E-state index in [1.54, 1.807) is 48.5 Å². The molecule has 0 fully saturated rings. The van der Waals surface area contributed by atoms with Gasteiger partial charge in [0.1, 0.15) is 0 Å². The summed E-state index contributed by atoms with van der Waals surface area (Å²) in [4.78, 5) is 12.4. The molecule has 5 nitrogen and oxygen atoms in total. The molecule has 3 aromatic carbocycles. The second kappa shape index (κ2) is 8.12. The normalized spacial score (nSPS) is 11.0. The first kappa shape index (κ1) is 19.4. The maximum Gasteiger partial charge on any atom is 0.261 e. The highest BCUT2D eigenvalue weighted by atomic mass is 79.9. The molecule has 3 aromatic rings. The number of rotatable bonds is 5. The van der Waals surface area contributed by atoms with Gasteiger partial charge in [0.25, 0.3) is 15.9 Å². The first-order valence-corrected chi connectivity index (χ1v) is 10.4. The van der Waals surface area contributed by atoms with Gasteiger partial charge < -0.3 is 5.32 Å². The number of nitrogens with one attached hydrogen (secondary N) is 2. The van der Waals surface area contributed by atoms with Crippen molar-refractivity contribution >= 4 is 54.8 Å². The Morgan fingerprint density at radius 3 is 2.33 bits per heavy atom. The number of hydrogen-bond acceptors (Lipinski definition) is 3. The number of halogens is 2. The number of anilines is 2. The summed E-state index contributed by atoms with van der Waals surface area (Å²) in [6.45, 7) is 0. The molecule has 8 heteroatoms. The van der Waals surface area contributed by atoms with Gasteiger partial charge in [-0.05, 0) is 54.6 Å². The van der Waals surface area contributed by atoms with Crippen LogP contribution >= 0.6 is 27.5 Å². The van der Waals surface area contributed by atoms with E-state index in [1.807, 2.05) is 0 Å². The first-order chi connectivity index (χ1) is 12.8. The van der Waals surface area contributed by atoms with E-state index in [4.69, 9.17) is 11.6 Å². The minimum atomic E-state index is -3.83. The topological polar surface area (TPSA) is 75.3 Å². The van der Waals surface area contributed by atoms with Gasteiger partial charge in [0.05, 0.1) is 15.6 Å². The van der Waals surface area contributed by atoms with Crippen molar-refractivity contribution in [2.75, 3.05) is 10.0 Å². The van der Waals surface area contributed by atoms with Crippen LogP contribution in [0.2, 0.25) is 5.02 Å². The fourth-order valence-corrected chi connectivity index (χ4v) is 3.84. The van der Waals surface area contributed by atoms with E-state index in [1.165, 1.54) is 24.3 Å². The molecule has 1 amide bonds. The van der Waals surface area contributed by atoms with Crippen LogP contribution in [0.25, 0.3) is 0 Å². The third-order valence-electron chi connectivity index (χ3n) is 3.63. The van der Waals surface area contributed by atoms with Crippen LogP contribution in [0.3, 0.4) is 0 Å². The van der Waals surface area contributed by atoms with Crippen molar-refractivity contribution in [3.05, 3.63) is 87.9 Å². The lowest BCUT2D eigenvalue weighted by Crippen LogP contribution is -2.16. The average Bonchev–Trinajstić information content (AvgIpc) is 2.65. The van der Waals surface area contributed by atoms with Gasteiger partial charge in [-0.3, -0.25) is 9.52 Å². The third kappa shape index (κ3) is 4.88. The quantitative estimate of drug-likeness (QED) is 0.547. The van der Waals surface area contributed by atoms with Gasteiger partial charge in [0.15, 0.2) is 0 Å². The van der Waals surface area contributed by atoms with Crippen molar-refractivity contribution in [1.82, 2.24) is 0 Å². The molecule has 0 unspecified atom stereocenters. The summed E-state index contributed by atoms with van der Waals surface area (Å²) >= 11 is 9.33. The van der Waals surface area contributed by atoms with E-state index < -0.39 is 15.9 Å². The summed E-state index contributed by atoms with van der Waals surface area (Å²) in [5.74, 6) is -0.455. The van der Waals surface area contributed by atoms with Crippen LogP contribution in [0, 0.1) is 0 Å². The fraction of sp³-hybridized carbons (Fsp3) is 0. The summed E-state index contributed by atoms with van der Waals surface area (Å²) in [6, 6.07) is 19.3. The number of sulfonamides is 1. The second-order valence-corrected chi connectivity index (χ2v) is 8.58. The smallest absolute Gasteiger partial charge is 0.261 e. The molecule has 0 saturated carbocycles. The molecule has 0 radical (unpaired) electrons. The number of carbonyl (C=O) groups excluding carboxylic acids is 1. The maximum absolute atomic E-state index is 12.6. The molecule has 2 N–H and O–H groups in total. The minimum absolute atomic E-state index is 0.0165. The Morgan fingerprint density at radius 2 is 1.63 bits per heavy atom. The molecule has 0 spiro atoms. The van der Waals surface area contributed by atoms with Gasteiger partial charge in [-0.1, -0.05) is 45.7 Å². The van der Waals surface area contributed by atoms with Crippen LogP contribution in [0.5, 0.6) is 0 Å². The van der Waals surface area contributed by atoms with E-state index in [2.05, 4.69) is 26.0 Å². The minimum Gasteiger partial charge on any atom is -0.321 e. The van der Waals surface area contributed by atoms with E-state index in [9.17, 15) is 13.2 Å². The summed E-state index contributed by atoms with van der Waals surface area (Å²) in [7, 11) is -3.83. The van der Waals surface area contributed by atoms with E-state index >= 15 is 0 Å². The molecule has 0 atom stereocenters. The van der Waals surface area contributed by atoms with E-state index in [-0.39, 0.29) is 10.5 Å². The standard InChI is InChI=1S/C19H14BrClN2O3S/c20-14-8-10-15(11-9-14)23-27(25,26)16-5-3-4-13(12-16)19(24)22-18-7-2-1-6-17(18)21/h1-12,23H,(H,22,24). The predicted octanol–water partition coefficient (Wildman–Crippen LogP) is 5.16. The Balaban J connectivity index is 1.83. The highest BCUT2D eigenvalue weighted by Crippen LogP contribution is 2.23. The zero-order chi connectivity index (χ0) is 19.4. The van der Waals surface area contributed by atoms with Gasteiger partial charge in [0, 0.05) is 15.7 Å². The zero-order valence-electron chi connectivity index (χ0n) is 13.8. The summed E-state index contributed by atoms with van der Waals surface area (Å²) in [5, 5.41) is 3.06. The number of benzene rings is 3. The van der Waals surface area contributed by atoms with E-state index in [0.717, 1.165) is 4.47 Å². The van der Waals surface area contributed by atoms with Gasteiger partial charge in [0.2, 0.25) is 0 Å². The Labute approximate surface area is 170 Å². The molecule has 27 heavy (non-hydrogen) atoms. The van der Waals surface area contributed by atoms with Gasteiger partial charge >= 0.3 is 0 Å². The van der Waals surface area contributed by atoms with Crippen LogP contribution < -0.4 is 10.0 Å². The lowest BCUT2D eigenvalue weighted by molar-refractivity contribution is 0.102. The first-order valence-electron chi connectivity index (χ1n) is 7.79. The molecule has 3 rings (SSSR count). The highest BCUT2D eigenvalue weighted by Gasteiger charge is 2.17. The zero-order valence-corrected chi connectivity index (χ0v) is 17.0. The summed E-state index contributed by atoms with van der Waals surface area (Å²) in [5.41, 5.74) is 1.07. The Morgan fingerprint density at radius 1 is 0.926 bits per heavy atom. The number of carbonyl (C=O) groups is 1. The number of hydrogen-bond donors (Lipinski definition) is 2. The lowest BCUT2D eigenvalue weighted by atomic mass is 10.2. The molecule has 138 valence electrons. The van der Waals surface area contributed by atoms with Crippen LogP contribution in [-0.4, -0.2) is 14.3 Å². The molecule has 0 aromatic heterocycles. The molecule has 0 aliphatic carbocycles. The Bertz CT molecular complexity index is 1090. The van der Waals surface area contributed by atoms with Crippen LogP contribution in [0.1, 0.15) is 10.4 Å². The number of para-hydroxylation sites is 1. The number of amides is 1. The fourth-order valence-electron chi connectivity index (χ4n) is 2.29. The SMILES string of the molecule is O=C(Nc1ccccc1Cl)c1cccc(S(=O)(=O)Nc2ccc(Br)cc2)c1. The molecule has 0 bridgehead atoms. The Kier molecular flexibility index (Phi) is 5.84. The van der Waals surface area contributed by atoms with Crippen LogP contribution in [0.4, 0.5) is 11.4 Å². The largest absolute Gasteiger partial charge is 0.321 e. The van der Waals surface area contributed by atoms with Crippen LogP contribution in [0.15, 0.2) is 82.2 Å². The van der Waals surface area contributed by atoms with Crippen LogP contribution in [-0.2, 0) is 10.0 Å². The Hall–Kier alpha value is -2.35. The van der Waals surface area contributed by atoms with Gasteiger partial charge in [-0.15, -0.1) is 0 Å². The molecule has 0 heterocycles. The average molecular weight is 466 g/mol. The maximum atomic E-state index is 12.6. The predicted molar refractivity (Wildman–Crippen MR) is 111 cm³/mol. The molecular formula is C19H14BrClN2O3S. The second-order valence-electron chi connectivity index (χ2n) is 5.57. The van der Waals surface area contributed by atoms with Gasteiger partial charge in [-0.25, -0.2) is 8.42 Å². The third-order valence-corrected chi connectivity index (χ3v) is 5.86. The molecular weight excluding hydrogens is 452 g/mol. The van der Waals surface area contributed by atoms with Crippen molar-refractivity contribution in [3.8, 4) is 0 Å².